The Hall–Kier alpha value is -3.91. The fraction of sp³-hybridized carbons (Fsp3) is 0.0833. The van der Waals surface area contributed by atoms with Crippen molar-refractivity contribution in [3.63, 3.8) is 0 Å². The average Bonchev–Trinajstić information content (AvgIpc) is 2.77. The van der Waals surface area contributed by atoms with Gasteiger partial charge in [-0.2, -0.15) is 4.98 Å². The van der Waals surface area contributed by atoms with Crippen LogP contribution in [0.3, 0.4) is 0 Å². The Labute approximate surface area is 186 Å². The molecule has 0 saturated heterocycles. The summed E-state index contributed by atoms with van der Waals surface area (Å²) in [5.41, 5.74) is 4.10. The number of fused-ring (bicyclic) bond motifs is 6. The molecule has 1 aliphatic rings. The maximum absolute atomic E-state index is 13.1. The number of rotatable bonds is 1. The number of aryl methyl sites for hydroxylation is 1. The van der Waals surface area contributed by atoms with E-state index in [4.69, 9.17) is 4.74 Å². The van der Waals surface area contributed by atoms with Crippen LogP contribution < -0.4 is 14.8 Å². The lowest BCUT2D eigenvalue weighted by Gasteiger charge is -2.15. The second-order valence-electron chi connectivity index (χ2n) is 7.47. The summed E-state index contributed by atoms with van der Waals surface area (Å²) in [6.07, 6.45) is 0. The highest BCUT2D eigenvalue weighted by Gasteiger charge is 2.19. The lowest BCUT2D eigenvalue weighted by Crippen LogP contribution is -2.16. The third-order valence-electron chi connectivity index (χ3n) is 5.11. The van der Waals surface area contributed by atoms with E-state index in [0.717, 1.165) is 16.7 Å². The molecule has 1 aliphatic heterocycles. The van der Waals surface area contributed by atoms with Gasteiger partial charge >= 0.3 is 0 Å². The van der Waals surface area contributed by atoms with Gasteiger partial charge in [0.2, 0.25) is 11.8 Å². The van der Waals surface area contributed by atoms with Crippen molar-refractivity contribution in [2.75, 3.05) is 10.0 Å². The molecule has 0 spiro atoms. The van der Waals surface area contributed by atoms with Gasteiger partial charge < -0.3 is 10.1 Å². The third kappa shape index (κ3) is 4.13. The predicted octanol–water partition coefficient (Wildman–Crippen LogP) is 4.97. The fourth-order valence-corrected chi connectivity index (χ4v) is 4.51. The smallest absolute Gasteiger partial charge is 0.264 e. The molecule has 0 fully saturated rings. The van der Waals surface area contributed by atoms with Crippen LogP contribution in [0.25, 0.3) is 11.3 Å². The number of hydrogen-bond acceptors (Lipinski definition) is 6. The number of hydrogen-bond donors (Lipinski definition) is 2. The van der Waals surface area contributed by atoms with E-state index in [2.05, 4.69) is 20.0 Å². The molecule has 0 atom stereocenters. The molecule has 7 nitrogen and oxygen atoms in total. The quantitative estimate of drug-likeness (QED) is 0.431. The van der Waals surface area contributed by atoms with Crippen molar-refractivity contribution < 1.29 is 13.2 Å². The minimum Gasteiger partial charge on any atom is -0.439 e. The molecule has 3 aromatic carbocycles. The molecule has 4 aromatic rings. The van der Waals surface area contributed by atoms with Crippen LogP contribution in [0.15, 0.2) is 83.8 Å². The normalized spacial score (nSPS) is 14.3. The Morgan fingerprint density at radius 3 is 2.62 bits per heavy atom. The van der Waals surface area contributed by atoms with Gasteiger partial charge in [-0.05, 0) is 48.4 Å². The standard InChI is InChI=1S/C24H20N4O3S/c1-16-6-2-3-11-21(16)22-14-23-27-24(26-22)28-32(29,30)20-10-5-8-18(13-20)25-15-17-7-4-9-19(12-17)31-23/h2-14,25H,15H2,1H3,(H,26,27,28). The minimum atomic E-state index is -3.91. The van der Waals surface area contributed by atoms with Crippen molar-refractivity contribution >= 4 is 21.7 Å². The predicted molar refractivity (Wildman–Crippen MR) is 123 cm³/mol. The number of nitrogens with zero attached hydrogens (tertiary/aromatic N) is 2. The number of ether oxygens (including phenoxy) is 1. The van der Waals surface area contributed by atoms with Crippen molar-refractivity contribution in [2.24, 2.45) is 0 Å². The Balaban J connectivity index is 1.69. The first-order valence-corrected chi connectivity index (χ1v) is 11.5. The van der Waals surface area contributed by atoms with Crippen molar-refractivity contribution in [1.82, 2.24) is 9.97 Å². The zero-order valence-corrected chi connectivity index (χ0v) is 18.1. The maximum Gasteiger partial charge on any atom is 0.264 e. The summed E-state index contributed by atoms with van der Waals surface area (Å²) in [6, 6.07) is 23.7. The monoisotopic (exact) mass is 444 g/mol. The first-order valence-electron chi connectivity index (χ1n) is 10.0. The molecule has 160 valence electrons. The molecule has 6 bridgehead atoms. The van der Waals surface area contributed by atoms with Crippen LogP contribution in [0, 0.1) is 6.92 Å². The molecule has 0 saturated carbocycles. The molecule has 2 N–H and O–H groups in total. The van der Waals surface area contributed by atoms with Crippen LogP contribution in [0.2, 0.25) is 0 Å². The van der Waals surface area contributed by atoms with E-state index in [1.165, 1.54) is 6.07 Å². The highest BCUT2D eigenvalue weighted by atomic mass is 32.2. The van der Waals surface area contributed by atoms with Gasteiger partial charge in [0, 0.05) is 23.9 Å². The lowest BCUT2D eigenvalue weighted by atomic mass is 10.1. The molecule has 32 heavy (non-hydrogen) atoms. The summed E-state index contributed by atoms with van der Waals surface area (Å²) >= 11 is 0. The van der Waals surface area contributed by atoms with Gasteiger partial charge in [-0.1, -0.05) is 42.5 Å². The van der Waals surface area contributed by atoms with Crippen LogP contribution in [0.1, 0.15) is 11.1 Å². The van der Waals surface area contributed by atoms with E-state index in [0.29, 0.717) is 23.7 Å². The van der Waals surface area contributed by atoms with E-state index in [1.807, 2.05) is 61.5 Å². The number of nitrogens with one attached hydrogen (secondary N) is 2. The molecular weight excluding hydrogens is 424 g/mol. The average molecular weight is 445 g/mol. The molecule has 0 aliphatic carbocycles. The van der Waals surface area contributed by atoms with Gasteiger partial charge in [-0.3, -0.25) is 0 Å². The zero-order chi connectivity index (χ0) is 22.1. The van der Waals surface area contributed by atoms with E-state index in [1.54, 1.807) is 18.2 Å². The molecular formula is C24H20N4O3S. The largest absolute Gasteiger partial charge is 0.439 e. The summed E-state index contributed by atoms with van der Waals surface area (Å²) in [5, 5.41) is 3.25. The Morgan fingerprint density at radius 1 is 0.906 bits per heavy atom. The summed E-state index contributed by atoms with van der Waals surface area (Å²) in [6.45, 7) is 2.48. The molecule has 0 amide bonds. The molecule has 2 heterocycles. The van der Waals surface area contributed by atoms with Crippen LogP contribution in [0.5, 0.6) is 11.6 Å². The number of aromatic nitrogens is 2. The summed E-state index contributed by atoms with van der Waals surface area (Å²) < 4.78 is 34.6. The van der Waals surface area contributed by atoms with Gasteiger partial charge in [0.15, 0.2) is 0 Å². The summed E-state index contributed by atoms with van der Waals surface area (Å²) in [4.78, 5) is 8.91. The van der Waals surface area contributed by atoms with E-state index in [9.17, 15) is 8.42 Å². The minimum absolute atomic E-state index is 0.0627. The van der Waals surface area contributed by atoms with Crippen molar-refractivity contribution in [2.45, 2.75) is 18.4 Å². The van der Waals surface area contributed by atoms with Gasteiger partial charge in [-0.15, -0.1) is 0 Å². The second kappa shape index (κ2) is 7.97. The number of anilines is 2. The molecule has 0 unspecified atom stereocenters. The van der Waals surface area contributed by atoms with E-state index in [-0.39, 0.29) is 16.7 Å². The van der Waals surface area contributed by atoms with Gasteiger partial charge in [0.1, 0.15) is 5.75 Å². The van der Waals surface area contributed by atoms with E-state index < -0.39 is 10.0 Å². The van der Waals surface area contributed by atoms with Crippen LogP contribution in [0.4, 0.5) is 11.6 Å². The fourth-order valence-electron chi connectivity index (χ4n) is 3.52. The Bertz CT molecular complexity index is 1420. The SMILES string of the molecule is Cc1ccccc1-c1cc2nc(n1)NS(=O)(=O)c1cccc(c1)NCc1cccc(c1)O2. The highest BCUT2D eigenvalue weighted by molar-refractivity contribution is 7.92. The highest BCUT2D eigenvalue weighted by Crippen LogP contribution is 2.30. The zero-order valence-electron chi connectivity index (χ0n) is 17.2. The number of benzene rings is 3. The van der Waals surface area contributed by atoms with Crippen molar-refractivity contribution in [1.29, 1.82) is 0 Å². The first kappa shape index (κ1) is 20.0. The maximum atomic E-state index is 13.1. The van der Waals surface area contributed by atoms with Gasteiger partial charge in [0.05, 0.1) is 10.6 Å². The van der Waals surface area contributed by atoms with Crippen LogP contribution in [-0.4, -0.2) is 18.4 Å². The topological polar surface area (TPSA) is 93.2 Å². The molecule has 8 heteroatoms. The molecule has 0 radical (unpaired) electrons. The van der Waals surface area contributed by atoms with Crippen LogP contribution in [-0.2, 0) is 16.6 Å². The summed E-state index contributed by atoms with van der Waals surface area (Å²) in [7, 11) is -3.91. The molecule has 1 aromatic heterocycles. The first-order chi connectivity index (χ1) is 15.5. The summed E-state index contributed by atoms with van der Waals surface area (Å²) in [5.74, 6) is 0.776. The van der Waals surface area contributed by atoms with Crippen LogP contribution >= 0.6 is 0 Å². The Kier molecular flexibility index (Phi) is 4.99. The van der Waals surface area contributed by atoms with Gasteiger partial charge in [0.25, 0.3) is 10.0 Å². The number of sulfonamides is 1. The lowest BCUT2D eigenvalue weighted by molar-refractivity contribution is 0.462. The Morgan fingerprint density at radius 2 is 1.75 bits per heavy atom. The molecule has 5 rings (SSSR count). The second-order valence-corrected chi connectivity index (χ2v) is 9.15. The van der Waals surface area contributed by atoms with Crippen molar-refractivity contribution in [3.05, 3.63) is 90.0 Å². The third-order valence-corrected chi connectivity index (χ3v) is 6.44. The van der Waals surface area contributed by atoms with E-state index >= 15 is 0 Å². The van der Waals surface area contributed by atoms with Crippen molar-refractivity contribution in [3.8, 4) is 22.9 Å². The van der Waals surface area contributed by atoms with Gasteiger partial charge in [-0.25, -0.2) is 18.1 Å².